The lowest BCUT2D eigenvalue weighted by molar-refractivity contribution is 0.0714. The highest BCUT2D eigenvalue weighted by atomic mass is 32.3. The monoisotopic (exact) mass is 276 g/mol. The maximum atomic E-state index is 9.53. The fourth-order valence-corrected chi connectivity index (χ4v) is 1.20. The maximum Gasteiger partial charge on any atom is 0.394 e. The first-order chi connectivity index (χ1) is 7.97. The van der Waals surface area contributed by atoms with Gasteiger partial charge in [0, 0.05) is 0 Å². The Morgan fingerprint density at radius 2 is 1.50 bits per heavy atom. The van der Waals surface area contributed by atoms with Gasteiger partial charge in [-0.25, -0.2) is 0 Å². The molecule has 0 unspecified atom stereocenters. The summed E-state index contributed by atoms with van der Waals surface area (Å²) in [6.45, 7) is 5.78. The highest BCUT2D eigenvalue weighted by Gasteiger charge is 2.11. The van der Waals surface area contributed by atoms with Crippen LogP contribution in [0.15, 0.2) is 24.3 Å². The maximum absolute atomic E-state index is 9.53. The number of benzene rings is 1. The van der Waals surface area contributed by atoms with Crippen LogP contribution in [0.1, 0.15) is 31.4 Å². The van der Waals surface area contributed by atoms with Crippen LogP contribution in [0.4, 0.5) is 0 Å². The Bertz CT molecular complexity index is 434. The first kappa shape index (κ1) is 17.1. The van der Waals surface area contributed by atoms with Gasteiger partial charge in [-0.3, -0.25) is 9.11 Å². The fraction of sp³-hybridized carbons (Fsp3) is 0.500. The van der Waals surface area contributed by atoms with E-state index in [1.165, 1.54) is 11.1 Å². The minimum absolute atomic E-state index is 0.551. The van der Waals surface area contributed by atoms with Crippen molar-refractivity contribution in [3.8, 4) is 0 Å². The Morgan fingerprint density at radius 1 is 1.11 bits per heavy atom. The number of hydrogen-bond acceptors (Lipinski definition) is 3. The number of aryl methyl sites for hydroxylation is 2. The van der Waals surface area contributed by atoms with Crippen LogP contribution in [0.3, 0.4) is 0 Å². The lowest BCUT2D eigenvalue weighted by atomic mass is 9.98. The number of hydrogen-bond donors (Lipinski definition) is 3. The molecule has 104 valence electrons. The molecule has 1 aromatic rings. The van der Waals surface area contributed by atoms with Gasteiger partial charge in [0.2, 0.25) is 0 Å². The van der Waals surface area contributed by atoms with Crippen molar-refractivity contribution >= 4 is 10.4 Å². The normalized spacial score (nSPS) is 11.7. The second kappa shape index (κ2) is 6.84. The van der Waals surface area contributed by atoms with Gasteiger partial charge >= 0.3 is 10.4 Å². The molecular formula is C12H20O5S. The molecule has 0 aliphatic rings. The van der Waals surface area contributed by atoms with Crippen LogP contribution in [-0.4, -0.2) is 28.2 Å². The van der Waals surface area contributed by atoms with Gasteiger partial charge in [-0.05, 0) is 39.2 Å². The van der Waals surface area contributed by atoms with E-state index in [1.54, 1.807) is 0 Å². The summed E-state index contributed by atoms with van der Waals surface area (Å²) in [5, 5.41) is 9.53. The van der Waals surface area contributed by atoms with Crippen molar-refractivity contribution in [1.82, 2.24) is 0 Å². The predicted octanol–water partition coefficient (Wildman–Crippen LogP) is 2.05. The molecule has 0 amide bonds. The summed E-state index contributed by atoms with van der Waals surface area (Å²) in [7, 11) is -4.67. The van der Waals surface area contributed by atoms with E-state index < -0.39 is 16.0 Å². The topological polar surface area (TPSA) is 94.8 Å². The summed E-state index contributed by atoms with van der Waals surface area (Å²) < 4.78 is 31.6. The third-order valence-corrected chi connectivity index (χ3v) is 2.15. The van der Waals surface area contributed by atoms with Crippen LogP contribution < -0.4 is 0 Å². The van der Waals surface area contributed by atoms with Gasteiger partial charge in [-0.1, -0.05) is 29.8 Å². The van der Waals surface area contributed by atoms with Crippen molar-refractivity contribution in [2.45, 2.75) is 39.2 Å². The van der Waals surface area contributed by atoms with Gasteiger partial charge in [0.25, 0.3) is 0 Å². The van der Waals surface area contributed by atoms with E-state index in [0.29, 0.717) is 0 Å². The lowest BCUT2D eigenvalue weighted by Gasteiger charge is -2.16. The molecule has 0 heterocycles. The zero-order valence-corrected chi connectivity index (χ0v) is 11.6. The van der Waals surface area contributed by atoms with Crippen LogP contribution >= 0.6 is 0 Å². The van der Waals surface area contributed by atoms with Gasteiger partial charge in [0.15, 0.2) is 0 Å². The molecule has 0 saturated heterocycles. The van der Waals surface area contributed by atoms with Crippen molar-refractivity contribution in [2.75, 3.05) is 0 Å². The Balaban J connectivity index is 0.000000494. The predicted molar refractivity (Wildman–Crippen MR) is 70.0 cm³/mol. The molecule has 0 saturated carbocycles. The summed E-state index contributed by atoms with van der Waals surface area (Å²) in [6, 6.07) is 8.47. The fourth-order valence-electron chi connectivity index (χ4n) is 1.20. The van der Waals surface area contributed by atoms with Crippen LogP contribution in [0.5, 0.6) is 0 Å². The Hall–Kier alpha value is -0.950. The minimum Gasteiger partial charge on any atom is -0.390 e. The molecule has 3 N–H and O–H groups in total. The van der Waals surface area contributed by atoms with Gasteiger partial charge in [-0.15, -0.1) is 0 Å². The summed E-state index contributed by atoms with van der Waals surface area (Å²) >= 11 is 0. The average Bonchev–Trinajstić information content (AvgIpc) is 2.13. The molecule has 0 atom stereocenters. The summed E-state index contributed by atoms with van der Waals surface area (Å²) in [5.74, 6) is 0. The highest BCUT2D eigenvalue weighted by Crippen LogP contribution is 2.13. The largest absolute Gasteiger partial charge is 0.394 e. The molecule has 1 rings (SSSR count). The van der Waals surface area contributed by atoms with E-state index in [2.05, 4.69) is 31.2 Å². The zero-order valence-electron chi connectivity index (χ0n) is 10.8. The van der Waals surface area contributed by atoms with Crippen LogP contribution in [-0.2, 0) is 16.8 Å². The molecule has 5 nitrogen and oxygen atoms in total. The molecular weight excluding hydrogens is 256 g/mol. The smallest absolute Gasteiger partial charge is 0.390 e. The van der Waals surface area contributed by atoms with E-state index >= 15 is 0 Å². The van der Waals surface area contributed by atoms with Gasteiger partial charge in [-0.2, -0.15) is 8.42 Å². The van der Waals surface area contributed by atoms with Crippen LogP contribution in [0, 0.1) is 6.92 Å². The second-order valence-electron chi connectivity index (χ2n) is 4.75. The second-order valence-corrected chi connectivity index (χ2v) is 5.64. The molecule has 0 bridgehead atoms. The molecule has 0 aliphatic heterocycles. The van der Waals surface area contributed by atoms with Crippen molar-refractivity contribution in [1.29, 1.82) is 0 Å². The molecule has 0 radical (unpaired) electrons. The van der Waals surface area contributed by atoms with Gasteiger partial charge < -0.3 is 5.11 Å². The van der Waals surface area contributed by atoms with E-state index in [9.17, 15) is 5.11 Å². The molecule has 0 aromatic heterocycles. The SMILES string of the molecule is Cc1ccc(CCC(C)(C)O)cc1.O=S(=O)(O)O. The molecule has 0 spiro atoms. The quantitative estimate of drug-likeness (QED) is 0.734. The van der Waals surface area contributed by atoms with Crippen LogP contribution in [0.2, 0.25) is 0 Å². The number of aliphatic hydroxyl groups is 1. The zero-order chi connectivity index (χ0) is 14.4. The summed E-state index contributed by atoms with van der Waals surface area (Å²) in [6.07, 6.45) is 1.76. The van der Waals surface area contributed by atoms with Crippen molar-refractivity contribution in [3.05, 3.63) is 35.4 Å². The summed E-state index contributed by atoms with van der Waals surface area (Å²) in [4.78, 5) is 0. The van der Waals surface area contributed by atoms with Crippen molar-refractivity contribution < 1.29 is 22.6 Å². The number of rotatable bonds is 3. The Labute approximate surface area is 108 Å². The van der Waals surface area contributed by atoms with Crippen LogP contribution in [0.25, 0.3) is 0 Å². The molecule has 6 heteroatoms. The molecule has 0 fully saturated rings. The van der Waals surface area contributed by atoms with E-state index in [-0.39, 0.29) is 0 Å². The standard InChI is InChI=1S/C12H18O.H2O4S/c1-10-4-6-11(7-5-10)8-9-12(2,3)13;1-5(2,3)4/h4-7,13H,8-9H2,1-3H3;(H2,1,2,3,4). The third kappa shape index (κ3) is 13.1. The third-order valence-electron chi connectivity index (χ3n) is 2.15. The first-order valence-corrected chi connectivity index (χ1v) is 6.85. The highest BCUT2D eigenvalue weighted by molar-refractivity contribution is 7.79. The van der Waals surface area contributed by atoms with Crippen molar-refractivity contribution in [3.63, 3.8) is 0 Å². The van der Waals surface area contributed by atoms with Gasteiger partial charge in [0.1, 0.15) is 0 Å². The van der Waals surface area contributed by atoms with E-state index in [4.69, 9.17) is 17.5 Å². The molecule has 18 heavy (non-hydrogen) atoms. The van der Waals surface area contributed by atoms with E-state index in [1.807, 2.05) is 13.8 Å². The first-order valence-electron chi connectivity index (χ1n) is 5.45. The van der Waals surface area contributed by atoms with E-state index in [0.717, 1.165) is 12.8 Å². The summed E-state index contributed by atoms with van der Waals surface area (Å²) in [5.41, 5.74) is 2.03. The van der Waals surface area contributed by atoms with Crippen molar-refractivity contribution in [2.24, 2.45) is 0 Å². The molecule has 0 aliphatic carbocycles. The average molecular weight is 276 g/mol. The minimum atomic E-state index is -4.67. The Kier molecular flexibility index (Phi) is 6.48. The Morgan fingerprint density at radius 3 is 1.83 bits per heavy atom. The molecule has 1 aromatic carbocycles. The van der Waals surface area contributed by atoms with Gasteiger partial charge in [0.05, 0.1) is 5.60 Å². The lowest BCUT2D eigenvalue weighted by Crippen LogP contribution is -2.19.